The van der Waals surface area contributed by atoms with Gasteiger partial charge < -0.3 is 5.73 Å². The molecule has 1 unspecified atom stereocenters. The molecule has 0 aromatic carbocycles. The van der Waals surface area contributed by atoms with E-state index < -0.39 is 0 Å². The summed E-state index contributed by atoms with van der Waals surface area (Å²) in [7, 11) is 0. The molecule has 0 aliphatic heterocycles. The molecule has 0 radical (unpaired) electrons. The first-order valence-corrected chi connectivity index (χ1v) is 3.34. The number of carbonyl (C=O) groups excluding carboxylic acids is 1. The van der Waals surface area contributed by atoms with Gasteiger partial charge in [0.05, 0.1) is 6.42 Å². The minimum atomic E-state index is -0.0409. The Labute approximate surface area is 61.8 Å². The Bertz CT molecular complexity index is 164. The molecule has 0 amide bonds. The van der Waals surface area contributed by atoms with Crippen LogP contribution in [-0.2, 0) is 4.79 Å². The normalized spacial score (nSPS) is 11.5. The highest BCUT2D eigenvalue weighted by Crippen LogP contribution is 1.96. The molecule has 1 atom stereocenters. The third-order valence-corrected chi connectivity index (χ3v) is 1.34. The van der Waals surface area contributed by atoms with Crippen LogP contribution < -0.4 is 5.73 Å². The SMILES string of the molecule is CC#CCC(=O)C(C)CN. The maximum Gasteiger partial charge on any atom is 0.148 e. The highest BCUT2D eigenvalue weighted by molar-refractivity contribution is 5.83. The Kier molecular flexibility index (Phi) is 4.61. The lowest BCUT2D eigenvalue weighted by Gasteiger charge is -2.01. The zero-order valence-corrected chi connectivity index (χ0v) is 6.48. The van der Waals surface area contributed by atoms with Crippen LogP contribution in [0.5, 0.6) is 0 Å². The van der Waals surface area contributed by atoms with E-state index in [0.717, 1.165) is 0 Å². The summed E-state index contributed by atoms with van der Waals surface area (Å²) in [6, 6.07) is 0. The molecular weight excluding hydrogens is 126 g/mol. The van der Waals surface area contributed by atoms with Gasteiger partial charge in [-0.05, 0) is 6.92 Å². The van der Waals surface area contributed by atoms with Crippen LogP contribution in [0.2, 0.25) is 0 Å². The van der Waals surface area contributed by atoms with Crippen molar-refractivity contribution in [2.24, 2.45) is 11.7 Å². The first-order chi connectivity index (χ1) is 4.72. The van der Waals surface area contributed by atoms with Crippen LogP contribution in [0.3, 0.4) is 0 Å². The third kappa shape index (κ3) is 3.26. The van der Waals surface area contributed by atoms with Gasteiger partial charge in [0.25, 0.3) is 0 Å². The fourth-order valence-corrected chi connectivity index (χ4v) is 0.481. The molecule has 0 heterocycles. The average molecular weight is 139 g/mol. The number of carbonyl (C=O) groups is 1. The summed E-state index contributed by atoms with van der Waals surface area (Å²) in [5.41, 5.74) is 5.28. The van der Waals surface area contributed by atoms with E-state index in [9.17, 15) is 4.79 Å². The number of hydrogen-bond donors (Lipinski definition) is 1. The molecule has 0 bridgehead atoms. The smallest absolute Gasteiger partial charge is 0.148 e. The fraction of sp³-hybridized carbons (Fsp3) is 0.625. The number of hydrogen-bond acceptors (Lipinski definition) is 2. The zero-order chi connectivity index (χ0) is 7.98. The highest BCUT2D eigenvalue weighted by atomic mass is 16.1. The van der Waals surface area contributed by atoms with E-state index in [4.69, 9.17) is 5.73 Å². The van der Waals surface area contributed by atoms with E-state index in [1.54, 1.807) is 6.92 Å². The topological polar surface area (TPSA) is 43.1 Å². The Morgan fingerprint density at radius 3 is 2.70 bits per heavy atom. The molecule has 0 aromatic rings. The zero-order valence-electron chi connectivity index (χ0n) is 6.48. The summed E-state index contributed by atoms with van der Waals surface area (Å²) in [5.74, 6) is 5.47. The molecule has 0 aliphatic rings. The van der Waals surface area contributed by atoms with Gasteiger partial charge in [0.1, 0.15) is 5.78 Å². The Hall–Kier alpha value is -0.810. The lowest BCUT2D eigenvalue weighted by molar-refractivity contribution is -0.121. The number of rotatable bonds is 3. The van der Waals surface area contributed by atoms with Crippen molar-refractivity contribution >= 4 is 5.78 Å². The van der Waals surface area contributed by atoms with Gasteiger partial charge in [0.2, 0.25) is 0 Å². The lowest BCUT2D eigenvalue weighted by Crippen LogP contribution is -2.19. The molecule has 56 valence electrons. The first kappa shape index (κ1) is 9.19. The van der Waals surface area contributed by atoms with Gasteiger partial charge in [-0.15, -0.1) is 5.92 Å². The van der Waals surface area contributed by atoms with Crippen molar-refractivity contribution in [2.45, 2.75) is 20.3 Å². The summed E-state index contributed by atoms with van der Waals surface area (Å²) < 4.78 is 0. The van der Waals surface area contributed by atoms with Crippen LogP contribution in [0.15, 0.2) is 0 Å². The first-order valence-electron chi connectivity index (χ1n) is 3.34. The Balaban J connectivity index is 3.69. The van der Waals surface area contributed by atoms with Crippen molar-refractivity contribution in [3.8, 4) is 11.8 Å². The Morgan fingerprint density at radius 1 is 1.70 bits per heavy atom. The van der Waals surface area contributed by atoms with E-state index >= 15 is 0 Å². The maximum atomic E-state index is 11.0. The molecule has 2 heteroatoms. The van der Waals surface area contributed by atoms with Crippen molar-refractivity contribution in [1.82, 2.24) is 0 Å². The maximum absolute atomic E-state index is 11.0. The van der Waals surface area contributed by atoms with Gasteiger partial charge in [0.15, 0.2) is 0 Å². The van der Waals surface area contributed by atoms with Gasteiger partial charge in [-0.25, -0.2) is 0 Å². The largest absolute Gasteiger partial charge is 0.330 e. The monoisotopic (exact) mass is 139 g/mol. The Morgan fingerprint density at radius 2 is 2.30 bits per heavy atom. The van der Waals surface area contributed by atoms with Crippen molar-refractivity contribution in [2.75, 3.05) is 6.54 Å². The van der Waals surface area contributed by atoms with Crippen LogP contribution in [0.4, 0.5) is 0 Å². The summed E-state index contributed by atoms with van der Waals surface area (Å²) in [4.78, 5) is 11.0. The minimum Gasteiger partial charge on any atom is -0.330 e. The second kappa shape index (κ2) is 5.01. The van der Waals surface area contributed by atoms with E-state index in [0.29, 0.717) is 13.0 Å². The molecule has 0 saturated carbocycles. The van der Waals surface area contributed by atoms with Crippen molar-refractivity contribution in [1.29, 1.82) is 0 Å². The fourth-order valence-electron chi connectivity index (χ4n) is 0.481. The lowest BCUT2D eigenvalue weighted by atomic mass is 10.1. The van der Waals surface area contributed by atoms with E-state index in [2.05, 4.69) is 11.8 Å². The van der Waals surface area contributed by atoms with Gasteiger partial charge in [-0.3, -0.25) is 4.79 Å². The van der Waals surface area contributed by atoms with E-state index in [1.165, 1.54) is 0 Å². The van der Waals surface area contributed by atoms with Crippen LogP contribution in [0, 0.1) is 17.8 Å². The number of ketones is 1. The second-order valence-electron chi connectivity index (χ2n) is 2.21. The summed E-state index contributed by atoms with van der Waals surface area (Å²) in [5, 5.41) is 0. The molecule has 0 rings (SSSR count). The van der Waals surface area contributed by atoms with Crippen LogP contribution in [0.1, 0.15) is 20.3 Å². The molecule has 10 heavy (non-hydrogen) atoms. The number of nitrogens with two attached hydrogens (primary N) is 1. The van der Waals surface area contributed by atoms with Crippen molar-refractivity contribution < 1.29 is 4.79 Å². The quantitative estimate of drug-likeness (QED) is 0.581. The summed E-state index contributed by atoms with van der Waals surface area (Å²) in [6.45, 7) is 3.96. The molecule has 0 saturated heterocycles. The van der Waals surface area contributed by atoms with Gasteiger partial charge in [0, 0.05) is 12.5 Å². The van der Waals surface area contributed by atoms with E-state index in [-0.39, 0.29) is 11.7 Å². The van der Waals surface area contributed by atoms with E-state index in [1.807, 2.05) is 6.92 Å². The predicted molar refractivity (Wildman–Crippen MR) is 41.3 cm³/mol. The second-order valence-corrected chi connectivity index (χ2v) is 2.21. The molecule has 0 aromatic heterocycles. The van der Waals surface area contributed by atoms with Crippen LogP contribution in [-0.4, -0.2) is 12.3 Å². The third-order valence-electron chi connectivity index (χ3n) is 1.34. The molecule has 2 N–H and O–H groups in total. The molecule has 0 aliphatic carbocycles. The van der Waals surface area contributed by atoms with Crippen molar-refractivity contribution in [3.63, 3.8) is 0 Å². The predicted octanol–water partition coefficient (Wildman–Crippen LogP) is 0.564. The van der Waals surface area contributed by atoms with Crippen LogP contribution >= 0.6 is 0 Å². The average Bonchev–Trinajstić information content (AvgIpc) is 1.98. The van der Waals surface area contributed by atoms with Gasteiger partial charge >= 0.3 is 0 Å². The van der Waals surface area contributed by atoms with Gasteiger partial charge in [-0.2, -0.15) is 0 Å². The number of Topliss-reactive ketones (excluding diaryl/α,β-unsaturated/α-hetero) is 1. The molecular formula is C8H13NO. The molecule has 2 nitrogen and oxygen atoms in total. The minimum absolute atomic E-state index is 0.0409. The molecule has 0 fully saturated rings. The van der Waals surface area contributed by atoms with Gasteiger partial charge in [-0.1, -0.05) is 12.8 Å². The summed E-state index contributed by atoms with van der Waals surface area (Å²) >= 11 is 0. The highest BCUT2D eigenvalue weighted by Gasteiger charge is 2.07. The summed E-state index contributed by atoms with van der Waals surface area (Å²) in [6.07, 6.45) is 0.342. The van der Waals surface area contributed by atoms with Crippen molar-refractivity contribution in [3.05, 3.63) is 0 Å². The van der Waals surface area contributed by atoms with Crippen LogP contribution in [0.25, 0.3) is 0 Å². The molecule has 0 spiro atoms. The standard InChI is InChI=1S/C8H13NO/c1-3-4-5-8(10)7(2)6-9/h7H,5-6,9H2,1-2H3.